The summed E-state index contributed by atoms with van der Waals surface area (Å²) in [4.78, 5) is 30.7. The largest absolute Gasteiger partial charge is 0.573 e. The maximum atomic E-state index is 12.5. The van der Waals surface area contributed by atoms with Crippen molar-refractivity contribution in [3.8, 4) is 11.8 Å². The van der Waals surface area contributed by atoms with Gasteiger partial charge in [-0.05, 0) is 22.6 Å². The fraction of sp³-hybridized carbons (Fsp3) is 0.500. The lowest BCUT2D eigenvalue weighted by Crippen LogP contribution is -2.52. The fourth-order valence-electron chi connectivity index (χ4n) is 3.91. The van der Waals surface area contributed by atoms with Gasteiger partial charge in [-0.25, -0.2) is 0 Å². The Morgan fingerprint density at radius 1 is 1.21 bits per heavy atom. The van der Waals surface area contributed by atoms with Crippen LogP contribution in [0.25, 0.3) is 0 Å². The van der Waals surface area contributed by atoms with Crippen molar-refractivity contribution in [3.05, 3.63) is 46.1 Å². The van der Waals surface area contributed by atoms with Crippen LogP contribution in [0.3, 0.4) is 0 Å². The van der Waals surface area contributed by atoms with E-state index >= 15 is 0 Å². The van der Waals surface area contributed by atoms with Crippen molar-refractivity contribution in [3.63, 3.8) is 0 Å². The lowest BCUT2D eigenvalue weighted by molar-refractivity contribution is -0.389. The normalized spacial score (nSPS) is 19.2. The molecule has 14 heteroatoms. The fourth-order valence-corrected chi connectivity index (χ4v) is 3.91. The first-order chi connectivity index (χ1) is 16.1. The molecule has 1 aromatic carbocycles. The summed E-state index contributed by atoms with van der Waals surface area (Å²) < 4.78 is 47.6. The second kappa shape index (κ2) is 9.85. The van der Waals surface area contributed by atoms with Gasteiger partial charge >= 0.3 is 18.2 Å². The van der Waals surface area contributed by atoms with Crippen LogP contribution in [0.15, 0.2) is 30.5 Å². The number of amides is 1. The number of ether oxygens (including phenoxy) is 2. The van der Waals surface area contributed by atoms with Gasteiger partial charge < -0.3 is 24.9 Å². The quantitative estimate of drug-likeness (QED) is 0.463. The highest BCUT2D eigenvalue weighted by molar-refractivity contribution is 5.78. The number of nitrogens with zero attached hydrogens (tertiary/aromatic N) is 5. The number of fused-ring (bicyclic) bond motifs is 1. The van der Waals surface area contributed by atoms with Crippen molar-refractivity contribution < 1.29 is 32.4 Å². The number of nitro groups is 1. The molecule has 4 rings (SSSR count). The number of hydrogen-bond donors (Lipinski definition) is 1. The van der Waals surface area contributed by atoms with Crippen LogP contribution in [0.1, 0.15) is 5.56 Å². The molecule has 0 saturated carbocycles. The number of imidazole rings is 1. The number of carbonyl (C=O) groups excluding carboxylic acids is 1. The van der Waals surface area contributed by atoms with E-state index in [0.29, 0.717) is 39.3 Å². The SMILES string of the molecule is O=C(CN1CCN(Cc2ccc(OC(F)(F)F)cc2)CC1)NC1COc2nc([N+](=O)[O-])cn2C1. The first-order valence-corrected chi connectivity index (χ1v) is 10.6. The van der Waals surface area contributed by atoms with Gasteiger partial charge in [-0.2, -0.15) is 0 Å². The Hall–Kier alpha value is -3.39. The van der Waals surface area contributed by atoms with Crippen LogP contribution in [0, 0.1) is 10.1 Å². The molecule has 0 aliphatic carbocycles. The highest BCUT2D eigenvalue weighted by Gasteiger charge is 2.31. The molecule has 1 unspecified atom stereocenters. The Morgan fingerprint density at radius 2 is 1.88 bits per heavy atom. The smallest absolute Gasteiger partial charge is 0.444 e. The number of nitrogens with one attached hydrogen (secondary N) is 1. The van der Waals surface area contributed by atoms with Gasteiger partial charge in [0.25, 0.3) is 0 Å². The number of halogens is 3. The van der Waals surface area contributed by atoms with Crippen molar-refractivity contribution in [2.24, 2.45) is 0 Å². The van der Waals surface area contributed by atoms with Crippen molar-refractivity contribution in [1.29, 1.82) is 0 Å². The number of aromatic nitrogens is 2. The summed E-state index contributed by atoms with van der Waals surface area (Å²) in [7, 11) is 0. The van der Waals surface area contributed by atoms with Crippen molar-refractivity contribution in [2.45, 2.75) is 25.5 Å². The first-order valence-electron chi connectivity index (χ1n) is 10.6. The molecule has 11 nitrogen and oxygen atoms in total. The van der Waals surface area contributed by atoms with E-state index in [1.807, 2.05) is 4.90 Å². The molecule has 2 aliphatic rings. The predicted molar refractivity (Wildman–Crippen MR) is 111 cm³/mol. The third kappa shape index (κ3) is 6.35. The molecule has 0 bridgehead atoms. The summed E-state index contributed by atoms with van der Waals surface area (Å²) in [5, 5.41) is 13.7. The van der Waals surface area contributed by atoms with Crippen LogP contribution in [-0.2, 0) is 17.9 Å². The summed E-state index contributed by atoms with van der Waals surface area (Å²) in [6, 6.07) is 5.64. The van der Waals surface area contributed by atoms with E-state index in [1.165, 1.54) is 22.9 Å². The summed E-state index contributed by atoms with van der Waals surface area (Å²) in [5.74, 6) is -0.719. The molecule has 0 spiro atoms. The van der Waals surface area contributed by atoms with Gasteiger partial charge in [-0.15, -0.1) is 13.2 Å². The maximum Gasteiger partial charge on any atom is 0.573 e. The first kappa shape index (κ1) is 23.8. The standard InChI is InChI=1S/C20H23F3N6O5/c21-20(22,23)34-16-3-1-14(2-4-16)9-26-5-7-27(8-6-26)12-18(30)24-15-10-28-11-17(29(31)32)25-19(28)33-13-15/h1-4,11,15H,5-10,12-13H2,(H,24,30). The second-order valence-electron chi connectivity index (χ2n) is 8.11. The zero-order valence-electron chi connectivity index (χ0n) is 18.0. The van der Waals surface area contributed by atoms with Gasteiger partial charge in [0.2, 0.25) is 5.91 Å². The summed E-state index contributed by atoms with van der Waals surface area (Å²) in [6.45, 7) is 4.08. The Morgan fingerprint density at radius 3 is 2.53 bits per heavy atom. The van der Waals surface area contributed by atoms with Gasteiger partial charge in [0.1, 0.15) is 18.6 Å². The summed E-state index contributed by atoms with van der Waals surface area (Å²) >= 11 is 0. The van der Waals surface area contributed by atoms with Crippen LogP contribution in [-0.4, -0.2) is 81.9 Å². The van der Waals surface area contributed by atoms with Crippen molar-refractivity contribution in [1.82, 2.24) is 24.7 Å². The van der Waals surface area contributed by atoms with E-state index in [-0.39, 0.29) is 42.7 Å². The molecule has 3 heterocycles. The van der Waals surface area contributed by atoms with Gasteiger partial charge in [0.05, 0.1) is 19.1 Å². The Bertz CT molecular complexity index is 1020. The lowest BCUT2D eigenvalue weighted by atomic mass is 10.2. The topological polar surface area (TPSA) is 115 Å². The zero-order valence-corrected chi connectivity index (χ0v) is 18.0. The molecule has 2 aliphatic heterocycles. The molecule has 1 aromatic heterocycles. The van der Waals surface area contributed by atoms with E-state index in [1.54, 1.807) is 12.1 Å². The number of rotatable bonds is 7. The summed E-state index contributed by atoms with van der Waals surface area (Å²) in [5.41, 5.74) is 0.872. The second-order valence-corrected chi connectivity index (χ2v) is 8.11. The minimum absolute atomic E-state index is 0.163. The van der Waals surface area contributed by atoms with Crippen LogP contribution in [0.2, 0.25) is 0 Å². The molecule has 1 atom stereocenters. The molecular weight excluding hydrogens is 461 g/mol. The molecule has 1 fully saturated rings. The van der Waals surface area contributed by atoms with Crippen molar-refractivity contribution >= 4 is 11.7 Å². The average Bonchev–Trinajstić information content (AvgIpc) is 3.19. The summed E-state index contributed by atoms with van der Waals surface area (Å²) in [6.07, 6.45) is -3.43. The highest BCUT2D eigenvalue weighted by atomic mass is 19.4. The van der Waals surface area contributed by atoms with E-state index in [0.717, 1.165) is 5.56 Å². The Kier molecular flexibility index (Phi) is 6.88. The molecule has 1 N–H and O–H groups in total. The van der Waals surface area contributed by atoms with E-state index in [4.69, 9.17) is 4.74 Å². The molecule has 1 saturated heterocycles. The molecule has 2 aromatic rings. The third-order valence-corrected chi connectivity index (χ3v) is 5.51. The Balaban J connectivity index is 1.18. The van der Waals surface area contributed by atoms with Gasteiger partial charge in [0.15, 0.2) is 0 Å². The lowest BCUT2D eigenvalue weighted by Gasteiger charge is -2.34. The molecule has 1 amide bonds. The van der Waals surface area contributed by atoms with Crippen LogP contribution in [0.4, 0.5) is 19.0 Å². The monoisotopic (exact) mass is 484 g/mol. The minimum atomic E-state index is -4.71. The Labute approximate surface area is 192 Å². The zero-order chi connectivity index (χ0) is 24.3. The number of alkyl halides is 3. The maximum absolute atomic E-state index is 12.5. The van der Waals surface area contributed by atoms with E-state index < -0.39 is 11.3 Å². The van der Waals surface area contributed by atoms with Crippen LogP contribution < -0.4 is 14.8 Å². The van der Waals surface area contributed by atoms with Crippen LogP contribution >= 0.6 is 0 Å². The third-order valence-electron chi connectivity index (χ3n) is 5.51. The predicted octanol–water partition coefficient (Wildman–Crippen LogP) is 1.38. The van der Waals surface area contributed by atoms with Gasteiger partial charge in [-0.3, -0.25) is 19.2 Å². The van der Waals surface area contributed by atoms with Gasteiger partial charge in [0, 0.05) is 37.7 Å². The van der Waals surface area contributed by atoms with E-state index in [2.05, 4.69) is 19.9 Å². The van der Waals surface area contributed by atoms with Gasteiger partial charge in [-0.1, -0.05) is 12.1 Å². The molecule has 184 valence electrons. The minimum Gasteiger partial charge on any atom is -0.444 e. The van der Waals surface area contributed by atoms with Crippen LogP contribution in [0.5, 0.6) is 11.8 Å². The number of benzene rings is 1. The van der Waals surface area contributed by atoms with E-state index in [9.17, 15) is 28.1 Å². The van der Waals surface area contributed by atoms with Crippen molar-refractivity contribution in [2.75, 3.05) is 39.3 Å². The number of hydrogen-bond acceptors (Lipinski definition) is 8. The average molecular weight is 484 g/mol. The number of carbonyl (C=O) groups is 1. The highest BCUT2D eigenvalue weighted by Crippen LogP contribution is 2.23. The molecule has 0 radical (unpaired) electrons. The number of piperazine rings is 1. The molecule has 34 heavy (non-hydrogen) atoms. The molecular formula is C20H23F3N6O5.